The molecule has 2 aliphatic rings. The number of hydrogen-bond acceptors (Lipinski definition) is 4. The molecule has 2 fully saturated rings. The summed E-state index contributed by atoms with van der Waals surface area (Å²) < 4.78 is 13.7. The smallest absolute Gasteiger partial charge is 0.224 e. The standard InChI is InChI=1S/C14H18ClFN4/c1-14(2)7-9(6-10-4-3-5-20(10)14)18-12-11(16)8-17-13(15)19-12/h8,10H,3-7H2,1-2H3/t10-/m0/s1. The molecule has 0 unspecified atom stereocenters. The molecule has 108 valence electrons. The molecule has 6 heteroatoms. The zero-order chi connectivity index (χ0) is 14.3. The van der Waals surface area contributed by atoms with Crippen LogP contribution in [-0.4, -0.2) is 38.7 Å². The lowest BCUT2D eigenvalue weighted by Gasteiger charge is -2.44. The summed E-state index contributed by atoms with van der Waals surface area (Å²) in [5.41, 5.74) is 1.08. The van der Waals surface area contributed by atoms with Gasteiger partial charge in [0.2, 0.25) is 5.28 Å². The second kappa shape index (κ2) is 5.04. The van der Waals surface area contributed by atoms with Crippen molar-refractivity contribution in [1.29, 1.82) is 0 Å². The minimum Gasteiger partial charge on any atom is -0.295 e. The summed E-state index contributed by atoms with van der Waals surface area (Å²) in [5.74, 6) is -0.462. The number of halogens is 2. The van der Waals surface area contributed by atoms with Crippen LogP contribution in [0.15, 0.2) is 11.2 Å². The molecule has 0 aromatic carbocycles. The molecule has 0 aliphatic carbocycles. The van der Waals surface area contributed by atoms with Crippen molar-refractivity contribution in [2.24, 2.45) is 4.99 Å². The lowest BCUT2D eigenvalue weighted by Crippen LogP contribution is -2.52. The molecule has 0 saturated carbocycles. The van der Waals surface area contributed by atoms with Crippen molar-refractivity contribution in [2.45, 2.75) is 51.1 Å². The van der Waals surface area contributed by atoms with E-state index in [-0.39, 0.29) is 16.6 Å². The molecule has 0 bridgehead atoms. The summed E-state index contributed by atoms with van der Waals surface area (Å²) in [6, 6.07) is 0.526. The van der Waals surface area contributed by atoms with E-state index in [1.807, 2.05) is 0 Å². The molecular formula is C14H18ClFN4. The van der Waals surface area contributed by atoms with Crippen molar-refractivity contribution in [3.63, 3.8) is 0 Å². The van der Waals surface area contributed by atoms with Gasteiger partial charge in [0.25, 0.3) is 0 Å². The van der Waals surface area contributed by atoms with Crippen molar-refractivity contribution >= 4 is 23.1 Å². The summed E-state index contributed by atoms with van der Waals surface area (Å²) in [6.07, 6.45) is 5.23. The van der Waals surface area contributed by atoms with E-state index < -0.39 is 5.82 Å². The molecule has 1 atom stereocenters. The first kappa shape index (κ1) is 13.9. The van der Waals surface area contributed by atoms with Gasteiger partial charge in [-0.1, -0.05) is 0 Å². The summed E-state index contributed by atoms with van der Waals surface area (Å²) in [5, 5.41) is 0.0308. The highest BCUT2D eigenvalue weighted by molar-refractivity contribution is 6.28. The van der Waals surface area contributed by atoms with Gasteiger partial charge in [0, 0.05) is 30.1 Å². The third kappa shape index (κ3) is 2.56. The molecule has 0 radical (unpaired) electrons. The first-order valence-corrected chi connectivity index (χ1v) is 7.35. The second-order valence-corrected chi connectivity index (χ2v) is 6.51. The van der Waals surface area contributed by atoms with Gasteiger partial charge in [-0.05, 0) is 44.8 Å². The maximum atomic E-state index is 13.7. The maximum Gasteiger partial charge on any atom is 0.224 e. The Morgan fingerprint density at radius 2 is 2.30 bits per heavy atom. The van der Waals surface area contributed by atoms with E-state index in [1.165, 1.54) is 12.8 Å². The maximum absolute atomic E-state index is 13.7. The summed E-state index contributed by atoms with van der Waals surface area (Å²) >= 11 is 5.71. The SMILES string of the molecule is CC1(C)CC(=Nc2nc(Cl)ncc2F)C[C@@H]2CCCN21. The Labute approximate surface area is 123 Å². The fraction of sp³-hybridized carbons (Fsp3) is 0.643. The number of rotatable bonds is 1. The van der Waals surface area contributed by atoms with Crippen LogP contribution in [0, 0.1) is 5.82 Å². The molecular weight excluding hydrogens is 279 g/mol. The Bertz CT molecular complexity index is 558. The fourth-order valence-electron chi connectivity index (χ4n) is 3.44. The Kier molecular flexibility index (Phi) is 3.50. The zero-order valence-corrected chi connectivity index (χ0v) is 12.5. The van der Waals surface area contributed by atoms with Gasteiger partial charge < -0.3 is 0 Å². The first-order chi connectivity index (χ1) is 9.45. The van der Waals surface area contributed by atoms with Crippen LogP contribution in [0.5, 0.6) is 0 Å². The van der Waals surface area contributed by atoms with Crippen LogP contribution in [0.25, 0.3) is 0 Å². The molecule has 4 nitrogen and oxygen atoms in total. The Hall–Kier alpha value is -1.07. The van der Waals surface area contributed by atoms with Crippen LogP contribution in [0.4, 0.5) is 10.2 Å². The molecule has 1 aromatic heterocycles. The molecule has 0 N–H and O–H groups in total. The molecule has 3 rings (SSSR count). The van der Waals surface area contributed by atoms with E-state index in [1.54, 1.807) is 0 Å². The third-order valence-electron chi connectivity index (χ3n) is 4.22. The van der Waals surface area contributed by atoms with Crippen LogP contribution in [0.2, 0.25) is 5.28 Å². The van der Waals surface area contributed by atoms with Crippen LogP contribution < -0.4 is 0 Å². The lowest BCUT2D eigenvalue weighted by molar-refractivity contribution is 0.0987. The van der Waals surface area contributed by atoms with E-state index in [0.29, 0.717) is 6.04 Å². The number of aliphatic imine (C=N–C) groups is 1. The van der Waals surface area contributed by atoms with Crippen molar-refractivity contribution in [3.8, 4) is 0 Å². The quantitative estimate of drug-likeness (QED) is 0.746. The molecule has 2 aliphatic heterocycles. The first-order valence-electron chi connectivity index (χ1n) is 6.97. The van der Waals surface area contributed by atoms with Gasteiger partial charge in [-0.25, -0.2) is 14.4 Å². The zero-order valence-electron chi connectivity index (χ0n) is 11.7. The Morgan fingerprint density at radius 1 is 1.50 bits per heavy atom. The van der Waals surface area contributed by atoms with Gasteiger partial charge in [-0.2, -0.15) is 4.98 Å². The number of nitrogens with zero attached hydrogens (tertiary/aromatic N) is 4. The normalized spacial score (nSPS) is 27.8. The Balaban J connectivity index is 1.90. The number of aromatic nitrogens is 2. The lowest BCUT2D eigenvalue weighted by atomic mass is 9.86. The van der Waals surface area contributed by atoms with Crippen molar-refractivity contribution in [3.05, 3.63) is 17.3 Å². The average molecular weight is 297 g/mol. The fourth-order valence-corrected chi connectivity index (χ4v) is 3.57. The number of hydrogen-bond donors (Lipinski definition) is 0. The van der Waals surface area contributed by atoms with Crippen LogP contribution >= 0.6 is 11.6 Å². The van der Waals surface area contributed by atoms with E-state index in [2.05, 4.69) is 33.7 Å². The highest BCUT2D eigenvalue weighted by Crippen LogP contribution is 2.37. The van der Waals surface area contributed by atoms with Crippen LogP contribution in [0.3, 0.4) is 0 Å². The summed E-state index contributed by atoms with van der Waals surface area (Å²) in [4.78, 5) is 14.5. The van der Waals surface area contributed by atoms with Gasteiger partial charge >= 0.3 is 0 Å². The van der Waals surface area contributed by atoms with Gasteiger partial charge in [0.05, 0.1) is 6.20 Å². The molecule has 1 aromatic rings. The molecule has 0 amide bonds. The predicted molar refractivity (Wildman–Crippen MR) is 77.1 cm³/mol. The number of piperidine rings is 1. The van der Waals surface area contributed by atoms with E-state index in [0.717, 1.165) is 31.3 Å². The number of fused-ring (bicyclic) bond motifs is 1. The van der Waals surface area contributed by atoms with Crippen molar-refractivity contribution in [2.75, 3.05) is 6.54 Å². The average Bonchev–Trinajstić information content (AvgIpc) is 2.82. The Morgan fingerprint density at radius 3 is 3.10 bits per heavy atom. The molecule has 20 heavy (non-hydrogen) atoms. The largest absolute Gasteiger partial charge is 0.295 e. The highest BCUT2D eigenvalue weighted by Gasteiger charge is 2.41. The van der Waals surface area contributed by atoms with Crippen molar-refractivity contribution in [1.82, 2.24) is 14.9 Å². The van der Waals surface area contributed by atoms with Crippen LogP contribution in [0.1, 0.15) is 39.5 Å². The molecule has 2 saturated heterocycles. The summed E-state index contributed by atoms with van der Waals surface area (Å²) in [7, 11) is 0. The predicted octanol–water partition coefficient (Wildman–Crippen LogP) is 3.38. The molecule has 0 spiro atoms. The van der Waals surface area contributed by atoms with Gasteiger partial charge in [0.15, 0.2) is 11.6 Å². The van der Waals surface area contributed by atoms with E-state index in [9.17, 15) is 4.39 Å². The van der Waals surface area contributed by atoms with Gasteiger partial charge in [-0.15, -0.1) is 0 Å². The van der Waals surface area contributed by atoms with E-state index in [4.69, 9.17) is 11.6 Å². The minimum atomic E-state index is -0.520. The van der Waals surface area contributed by atoms with Gasteiger partial charge in [-0.3, -0.25) is 4.90 Å². The third-order valence-corrected chi connectivity index (χ3v) is 4.40. The summed E-state index contributed by atoms with van der Waals surface area (Å²) in [6.45, 7) is 5.60. The van der Waals surface area contributed by atoms with Gasteiger partial charge in [0.1, 0.15) is 0 Å². The monoisotopic (exact) mass is 296 g/mol. The second-order valence-electron chi connectivity index (χ2n) is 6.17. The topological polar surface area (TPSA) is 41.4 Å². The van der Waals surface area contributed by atoms with Crippen LogP contribution in [-0.2, 0) is 0 Å². The van der Waals surface area contributed by atoms with Crippen molar-refractivity contribution < 1.29 is 4.39 Å². The molecule has 3 heterocycles. The van der Waals surface area contributed by atoms with E-state index >= 15 is 0 Å². The minimum absolute atomic E-state index is 0.0308. The highest BCUT2D eigenvalue weighted by atomic mass is 35.5.